The average molecular weight is 296 g/mol. The van der Waals surface area contributed by atoms with E-state index in [1.807, 2.05) is 36.4 Å². The second kappa shape index (κ2) is 6.32. The lowest BCUT2D eigenvalue weighted by atomic mass is 10.2. The van der Waals surface area contributed by atoms with E-state index in [1.54, 1.807) is 18.3 Å². The molecule has 0 amide bonds. The summed E-state index contributed by atoms with van der Waals surface area (Å²) in [7, 11) is 0. The fourth-order valence-corrected chi connectivity index (χ4v) is 2.11. The molecule has 0 spiro atoms. The SMILES string of the molecule is Nc1ccc(Oc2ccnc3cc(OCCO)ccc23)cc1. The van der Waals surface area contributed by atoms with Crippen molar-refractivity contribution in [3.8, 4) is 17.2 Å². The van der Waals surface area contributed by atoms with Crippen LogP contribution in [-0.2, 0) is 0 Å². The van der Waals surface area contributed by atoms with Crippen LogP contribution in [0.1, 0.15) is 0 Å². The van der Waals surface area contributed by atoms with Crippen molar-refractivity contribution < 1.29 is 14.6 Å². The van der Waals surface area contributed by atoms with Crippen molar-refractivity contribution in [2.24, 2.45) is 0 Å². The van der Waals surface area contributed by atoms with Crippen molar-refractivity contribution in [1.82, 2.24) is 4.98 Å². The lowest BCUT2D eigenvalue weighted by Crippen LogP contribution is -2.01. The van der Waals surface area contributed by atoms with E-state index in [9.17, 15) is 0 Å². The van der Waals surface area contributed by atoms with E-state index in [0.717, 1.165) is 10.9 Å². The molecule has 3 N–H and O–H groups in total. The Morgan fingerprint density at radius 2 is 1.77 bits per heavy atom. The fraction of sp³-hybridized carbons (Fsp3) is 0.118. The summed E-state index contributed by atoms with van der Waals surface area (Å²) < 4.78 is 11.3. The van der Waals surface area contributed by atoms with Crippen molar-refractivity contribution in [3.63, 3.8) is 0 Å². The molecule has 0 aliphatic rings. The van der Waals surface area contributed by atoms with Crippen molar-refractivity contribution in [2.45, 2.75) is 0 Å². The number of aromatic nitrogens is 1. The maximum atomic E-state index is 8.80. The van der Waals surface area contributed by atoms with Crippen LogP contribution in [-0.4, -0.2) is 23.3 Å². The minimum absolute atomic E-state index is 0.0221. The molecule has 5 heteroatoms. The summed E-state index contributed by atoms with van der Waals surface area (Å²) in [5, 5.41) is 9.68. The Balaban J connectivity index is 1.91. The zero-order valence-corrected chi connectivity index (χ0v) is 11.9. The molecule has 0 aliphatic heterocycles. The molecule has 0 bridgehead atoms. The molecule has 22 heavy (non-hydrogen) atoms. The lowest BCUT2D eigenvalue weighted by molar-refractivity contribution is 0.201. The van der Waals surface area contributed by atoms with E-state index in [4.69, 9.17) is 20.3 Å². The molecule has 0 atom stereocenters. The Kier molecular flexibility index (Phi) is 4.07. The van der Waals surface area contributed by atoms with Gasteiger partial charge in [-0.3, -0.25) is 4.98 Å². The third-order valence-electron chi connectivity index (χ3n) is 3.14. The number of nitrogens with two attached hydrogens (primary N) is 1. The van der Waals surface area contributed by atoms with Gasteiger partial charge in [-0.2, -0.15) is 0 Å². The van der Waals surface area contributed by atoms with Crippen LogP contribution in [0, 0.1) is 0 Å². The fourth-order valence-electron chi connectivity index (χ4n) is 2.11. The third-order valence-corrected chi connectivity index (χ3v) is 3.14. The van der Waals surface area contributed by atoms with Crippen molar-refractivity contribution >= 4 is 16.6 Å². The Morgan fingerprint density at radius 1 is 1.00 bits per heavy atom. The van der Waals surface area contributed by atoms with Gasteiger partial charge in [0.25, 0.3) is 0 Å². The van der Waals surface area contributed by atoms with Crippen molar-refractivity contribution in [2.75, 3.05) is 18.9 Å². The highest BCUT2D eigenvalue weighted by Crippen LogP contribution is 2.31. The number of aliphatic hydroxyl groups is 1. The summed E-state index contributed by atoms with van der Waals surface area (Å²) in [5.74, 6) is 2.09. The monoisotopic (exact) mass is 296 g/mol. The van der Waals surface area contributed by atoms with Gasteiger partial charge >= 0.3 is 0 Å². The molecule has 0 saturated carbocycles. The predicted octanol–water partition coefficient (Wildman–Crippen LogP) is 2.98. The number of hydrogen-bond acceptors (Lipinski definition) is 5. The highest BCUT2D eigenvalue weighted by molar-refractivity contribution is 5.86. The number of hydrogen-bond donors (Lipinski definition) is 2. The topological polar surface area (TPSA) is 77.6 Å². The molecule has 1 aromatic heterocycles. The molecule has 3 aromatic rings. The summed E-state index contributed by atoms with van der Waals surface area (Å²) in [5.41, 5.74) is 7.13. The van der Waals surface area contributed by atoms with Crippen LogP contribution >= 0.6 is 0 Å². The van der Waals surface area contributed by atoms with Crippen LogP contribution in [0.4, 0.5) is 5.69 Å². The predicted molar refractivity (Wildman–Crippen MR) is 85.3 cm³/mol. The summed E-state index contributed by atoms with van der Waals surface area (Å²) in [6, 6.07) is 14.6. The van der Waals surface area contributed by atoms with E-state index >= 15 is 0 Å². The van der Waals surface area contributed by atoms with Gasteiger partial charge in [0.2, 0.25) is 0 Å². The first-order valence-corrected chi connectivity index (χ1v) is 6.92. The number of nitrogen functional groups attached to an aromatic ring is 1. The van der Waals surface area contributed by atoms with Gasteiger partial charge in [0.15, 0.2) is 0 Å². The largest absolute Gasteiger partial charge is 0.491 e. The number of fused-ring (bicyclic) bond motifs is 1. The van der Waals surface area contributed by atoms with Gasteiger partial charge < -0.3 is 20.3 Å². The molecule has 2 aromatic carbocycles. The maximum absolute atomic E-state index is 8.80. The second-order valence-electron chi connectivity index (χ2n) is 4.73. The average Bonchev–Trinajstić information content (AvgIpc) is 2.55. The number of nitrogens with zero attached hydrogens (tertiary/aromatic N) is 1. The molecule has 5 nitrogen and oxygen atoms in total. The molecule has 0 fully saturated rings. The van der Waals surface area contributed by atoms with Gasteiger partial charge in [0.05, 0.1) is 12.1 Å². The first kappa shape index (κ1) is 14.2. The third kappa shape index (κ3) is 3.10. The van der Waals surface area contributed by atoms with Crippen LogP contribution < -0.4 is 15.2 Å². The molecule has 0 aliphatic carbocycles. The Morgan fingerprint density at radius 3 is 2.55 bits per heavy atom. The normalized spacial score (nSPS) is 10.6. The Bertz CT molecular complexity index is 772. The number of anilines is 1. The number of aliphatic hydroxyl groups excluding tert-OH is 1. The van der Waals surface area contributed by atoms with E-state index < -0.39 is 0 Å². The van der Waals surface area contributed by atoms with Crippen LogP contribution in [0.3, 0.4) is 0 Å². The lowest BCUT2D eigenvalue weighted by Gasteiger charge is -2.10. The summed E-state index contributed by atoms with van der Waals surface area (Å²) in [6.07, 6.45) is 1.69. The smallest absolute Gasteiger partial charge is 0.138 e. The van der Waals surface area contributed by atoms with Gasteiger partial charge in [-0.15, -0.1) is 0 Å². The van der Waals surface area contributed by atoms with Crippen LogP contribution in [0.2, 0.25) is 0 Å². The van der Waals surface area contributed by atoms with Gasteiger partial charge in [-0.25, -0.2) is 0 Å². The highest BCUT2D eigenvalue weighted by Gasteiger charge is 2.06. The van der Waals surface area contributed by atoms with Crippen LogP contribution in [0.25, 0.3) is 10.9 Å². The Hall–Kier alpha value is -2.79. The quantitative estimate of drug-likeness (QED) is 0.708. The number of rotatable bonds is 5. The minimum Gasteiger partial charge on any atom is -0.491 e. The second-order valence-corrected chi connectivity index (χ2v) is 4.73. The molecule has 1 heterocycles. The molecule has 0 saturated heterocycles. The highest BCUT2D eigenvalue weighted by atomic mass is 16.5. The van der Waals surface area contributed by atoms with Gasteiger partial charge in [0, 0.05) is 23.3 Å². The first-order valence-electron chi connectivity index (χ1n) is 6.92. The van der Waals surface area contributed by atoms with E-state index in [0.29, 0.717) is 22.9 Å². The van der Waals surface area contributed by atoms with Crippen LogP contribution in [0.15, 0.2) is 54.7 Å². The zero-order valence-electron chi connectivity index (χ0n) is 11.9. The first-order chi connectivity index (χ1) is 10.8. The van der Waals surface area contributed by atoms with Gasteiger partial charge in [-0.05, 0) is 42.5 Å². The van der Waals surface area contributed by atoms with Crippen molar-refractivity contribution in [1.29, 1.82) is 0 Å². The minimum atomic E-state index is -0.0221. The van der Waals surface area contributed by atoms with Crippen molar-refractivity contribution in [3.05, 3.63) is 54.7 Å². The molecule has 3 rings (SSSR count). The maximum Gasteiger partial charge on any atom is 0.138 e. The molecule has 0 unspecified atom stereocenters. The molecule has 112 valence electrons. The number of ether oxygens (including phenoxy) is 2. The van der Waals surface area contributed by atoms with Gasteiger partial charge in [0.1, 0.15) is 23.9 Å². The Labute approximate surface area is 127 Å². The van der Waals surface area contributed by atoms with E-state index in [1.165, 1.54) is 0 Å². The number of benzene rings is 2. The van der Waals surface area contributed by atoms with E-state index in [-0.39, 0.29) is 13.2 Å². The summed E-state index contributed by atoms with van der Waals surface area (Å²) in [6.45, 7) is 0.235. The molecular formula is C17H16N2O3. The summed E-state index contributed by atoms with van der Waals surface area (Å²) in [4.78, 5) is 4.32. The zero-order chi connectivity index (χ0) is 15.4. The molecule has 0 radical (unpaired) electrons. The summed E-state index contributed by atoms with van der Waals surface area (Å²) >= 11 is 0. The number of pyridine rings is 1. The van der Waals surface area contributed by atoms with Gasteiger partial charge in [-0.1, -0.05) is 0 Å². The van der Waals surface area contributed by atoms with Crippen LogP contribution in [0.5, 0.6) is 17.2 Å². The molecular weight excluding hydrogens is 280 g/mol. The standard InChI is InChI=1S/C17H16N2O3/c18-12-1-3-13(4-2-12)22-17-7-8-19-16-11-14(21-10-9-20)5-6-15(16)17/h1-8,11,20H,9-10,18H2. The van der Waals surface area contributed by atoms with E-state index in [2.05, 4.69) is 4.98 Å².